The summed E-state index contributed by atoms with van der Waals surface area (Å²) in [6.45, 7) is 2.30. The van der Waals surface area contributed by atoms with Crippen molar-refractivity contribution in [3.63, 3.8) is 0 Å². The smallest absolute Gasteiger partial charge is 0.245 e. The molecular formula is C15H20FN3O2S. The van der Waals surface area contributed by atoms with E-state index in [-0.39, 0.29) is 10.3 Å². The quantitative estimate of drug-likeness (QED) is 0.903. The van der Waals surface area contributed by atoms with Crippen LogP contribution < -0.4 is 5.32 Å². The number of halogens is 1. The van der Waals surface area contributed by atoms with Crippen LogP contribution in [0.2, 0.25) is 0 Å². The van der Waals surface area contributed by atoms with Gasteiger partial charge in [0.15, 0.2) is 0 Å². The maximum atomic E-state index is 14.0. The lowest BCUT2D eigenvalue weighted by Crippen LogP contribution is -2.37. The summed E-state index contributed by atoms with van der Waals surface area (Å²) in [5, 5.41) is 3.40. The van der Waals surface area contributed by atoms with Crippen molar-refractivity contribution in [1.82, 2.24) is 14.6 Å². The van der Waals surface area contributed by atoms with Crippen LogP contribution in [0, 0.1) is 11.7 Å². The van der Waals surface area contributed by atoms with E-state index >= 15 is 0 Å². The second kappa shape index (κ2) is 5.98. The molecule has 3 rings (SSSR count). The summed E-state index contributed by atoms with van der Waals surface area (Å²) in [7, 11) is -2.14. The van der Waals surface area contributed by atoms with Crippen molar-refractivity contribution in [3.05, 3.63) is 30.2 Å². The molecule has 2 N–H and O–H groups in total. The Morgan fingerprint density at radius 3 is 2.77 bits per heavy atom. The Morgan fingerprint density at radius 2 is 2.05 bits per heavy atom. The molecule has 1 aromatic heterocycles. The number of nitrogens with one attached hydrogen (secondary N) is 2. The van der Waals surface area contributed by atoms with Gasteiger partial charge in [-0.25, -0.2) is 17.1 Å². The van der Waals surface area contributed by atoms with Gasteiger partial charge in [-0.2, -0.15) is 0 Å². The molecule has 1 aromatic carbocycles. The molecule has 2 heterocycles. The maximum Gasteiger partial charge on any atom is 0.245 e. The number of aromatic amines is 1. The first-order valence-electron chi connectivity index (χ1n) is 7.43. The molecule has 0 bridgehead atoms. The van der Waals surface area contributed by atoms with Gasteiger partial charge in [-0.15, -0.1) is 0 Å². The van der Waals surface area contributed by atoms with E-state index in [2.05, 4.69) is 10.3 Å². The monoisotopic (exact) mass is 325 g/mol. The number of piperidine rings is 1. The number of benzene rings is 1. The summed E-state index contributed by atoms with van der Waals surface area (Å²) in [5.74, 6) is -0.177. The van der Waals surface area contributed by atoms with Crippen molar-refractivity contribution in [2.45, 2.75) is 17.7 Å². The fraction of sp³-hybridized carbons (Fsp3) is 0.467. The molecule has 0 atom stereocenters. The molecule has 0 unspecified atom stereocenters. The minimum atomic E-state index is -3.70. The summed E-state index contributed by atoms with van der Waals surface area (Å²) in [6, 6.07) is 4.51. The van der Waals surface area contributed by atoms with Gasteiger partial charge in [0.1, 0.15) is 10.7 Å². The predicted molar refractivity (Wildman–Crippen MR) is 83.7 cm³/mol. The predicted octanol–water partition coefficient (Wildman–Crippen LogP) is 1.93. The number of fused-ring (bicyclic) bond motifs is 1. The minimum Gasteiger partial charge on any atom is -0.360 e. The third-order valence-corrected chi connectivity index (χ3v) is 6.13. The second-order valence-corrected chi connectivity index (χ2v) is 7.81. The Morgan fingerprint density at radius 1 is 1.32 bits per heavy atom. The Labute approximate surface area is 129 Å². The molecule has 1 aliphatic rings. The molecule has 1 aliphatic heterocycles. The van der Waals surface area contributed by atoms with Crippen molar-refractivity contribution in [3.8, 4) is 0 Å². The van der Waals surface area contributed by atoms with Crippen LogP contribution in [0.25, 0.3) is 10.9 Å². The van der Waals surface area contributed by atoms with Crippen LogP contribution in [-0.4, -0.2) is 44.4 Å². The number of rotatable bonds is 4. The van der Waals surface area contributed by atoms with Crippen molar-refractivity contribution in [2.24, 2.45) is 5.92 Å². The van der Waals surface area contributed by atoms with Crippen molar-refractivity contribution < 1.29 is 12.8 Å². The van der Waals surface area contributed by atoms with Crippen LogP contribution in [0.1, 0.15) is 12.8 Å². The van der Waals surface area contributed by atoms with Gasteiger partial charge in [-0.3, -0.25) is 0 Å². The fourth-order valence-electron chi connectivity index (χ4n) is 3.01. The normalized spacial score (nSPS) is 17.4. The molecule has 0 amide bonds. The molecule has 1 fully saturated rings. The van der Waals surface area contributed by atoms with Gasteiger partial charge < -0.3 is 10.3 Å². The average molecular weight is 325 g/mol. The van der Waals surface area contributed by atoms with E-state index in [4.69, 9.17) is 0 Å². The van der Waals surface area contributed by atoms with E-state index in [0.29, 0.717) is 18.0 Å². The van der Waals surface area contributed by atoms with Gasteiger partial charge in [0.2, 0.25) is 10.0 Å². The number of sulfonamides is 1. The Kier molecular flexibility index (Phi) is 4.20. The number of aromatic nitrogens is 1. The first-order valence-corrected chi connectivity index (χ1v) is 8.87. The SMILES string of the molecule is CN(CC1CCNCC1)S(=O)(=O)c1c[nH]c2cccc(F)c12. The van der Waals surface area contributed by atoms with Gasteiger partial charge in [-0.05, 0) is 44.0 Å². The van der Waals surface area contributed by atoms with Gasteiger partial charge in [0.25, 0.3) is 0 Å². The molecule has 120 valence electrons. The molecule has 0 radical (unpaired) electrons. The van der Waals surface area contributed by atoms with Crippen LogP contribution in [0.3, 0.4) is 0 Å². The van der Waals surface area contributed by atoms with E-state index in [0.717, 1.165) is 25.9 Å². The molecule has 0 aliphatic carbocycles. The topological polar surface area (TPSA) is 65.2 Å². The summed E-state index contributed by atoms with van der Waals surface area (Å²) < 4.78 is 40.9. The fourth-order valence-corrected chi connectivity index (χ4v) is 4.42. The molecule has 1 saturated heterocycles. The van der Waals surface area contributed by atoms with E-state index in [9.17, 15) is 12.8 Å². The maximum absolute atomic E-state index is 14.0. The summed E-state index contributed by atoms with van der Waals surface area (Å²) in [4.78, 5) is 2.85. The van der Waals surface area contributed by atoms with Gasteiger partial charge >= 0.3 is 0 Å². The van der Waals surface area contributed by atoms with Crippen LogP contribution in [0.4, 0.5) is 4.39 Å². The molecular weight excluding hydrogens is 305 g/mol. The summed E-state index contributed by atoms with van der Waals surface area (Å²) >= 11 is 0. The third kappa shape index (κ3) is 2.76. The number of hydrogen-bond donors (Lipinski definition) is 2. The third-order valence-electron chi connectivity index (χ3n) is 4.28. The second-order valence-electron chi connectivity index (χ2n) is 5.79. The Bertz CT molecular complexity index is 766. The molecule has 7 heteroatoms. The number of H-pyrrole nitrogens is 1. The first kappa shape index (κ1) is 15.5. The minimum absolute atomic E-state index is 0.0111. The zero-order valence-electron chi connectivity index (χ0n) is 12.5. The number of hydrogen-bond acceptors (Lipinski definition) is 3. The zero-order chi connectivity index (χ0) is 15.7. The van der Waals surface area contributed by atoms with Gasteiger partial charge in [0, 0.05) is 25.3 Å². The lowest BCUT2D eigenvalue weighted by Gasteiger charge is -2.27. The molecule has 0 saturated carbocycles. The van der Waals surface area contributed by atoms with E-state index < -0.39 is 15.8 Å². The lowest BCUT2D eigenvalue weighted by atomic mass is 9.98. The molecule has 0 spiro atoms. The largest absolute Gasteiger partial charge is 0.360 e. The van der Waals surface area contributed by atoms with Crippen molar-refractivity contribution in [1.29, 1.82) is 0 Å². The highest BCUT2D eigenvalue weighted by atomic mass is 32.2. The standard InChI is InChI=1S/C15H20FN3O2S/c1-19(10-11-5-7-17-8-6-11)22(20,21)14-9-18-13-4-2-3-12(16)15(13)14/h2-4,9,11,17-18H,5-8,10H2,1H3. The van der Waals surface area contributed by atoms with E-state index in [1.165, 1.54) is 16.6 Å². The van der Waals surface area contributed by atoms with E-state index in [1.807, 2.05) is 0 Å². The van der Waals surface area contributed by atoms with Crippen LogP contribution >= 0.6 is 0 Å². The first-order chi connectivity index (χ1) is 10.5. The molecule has 22 heavy (non-hydrogen) atoms. The lowest BCUT2D eigenvalue weighted by molar-refractivity contribution is 0.311. The highest BCUT2D eigenvalue weighted by molar-refractivity contribution is 7.89. The van der Waals surface area contributed by atoms with Crippen LogP contribution in [-0.2, 0) is 10.0 Å². The molecule has 2 aromatic rings. The average Bonchev–Trinajstić information content (AvgIpc) is 2.94. The summed E-state index contributed by atoms with van der Waals surface area (Å²) in [6.07, 6.45) is 3.30. The van der Waals surface area contributed by atoms with E-state index in [1.54, 1.807) is 19.2 Å². The number of nitrogens with zero attached hydrogens (tertiary/aromatic N) is 1. The van der Waals surface area contributed by atoms with Crippen molar-refractivity contribution >= 4 is 20.9 Å². The summed E-state index contributed by atoms with van der Waals surface area (Å²) in [5.41, 5.74) is 0.494. The van der Waals surface area contributed by atoms with Crippen molar-refractivity contribution in [2.75, 3.05) is 26.7 Å². The van der Waals surface area contributed by atoms with Gasteiger partial charge in [-0.1, -0.05) is 6.07 Å². The van der Waals surface area contributed by atoms with Gasteiger partial charge in [0.05, 0.1) is 5.39 Å². The highest BCUT2D eigenvalue weighted by Gasteiger charge is 2.28. The van der Waals surface area contributed by atoms with Crippen LogP contribution in [0.15, 0.2) is 29.3 Å². The van der Waals surface area contributed by atoms with Crippen LogP contribution in [0.5, 0.6) is 0 Å². The Balaban J connectivity index is 1.90. The Hall–Kier alpha value is -1.44. The zero-order valence-corrected chi connectivity index (χ0v) is 13.3. The highest BCUT2D eigenvalue weighted by Crippen LogP contribution is 2.28. The molecule has 5 nitrogen and oxygen atoms in total.